The minimum Gasteiger partial charge on any atom is -0.352 e. The van der Waals surface area contributed by atoms with Gasteiger partial charge in [-0.1, -0.05) is 13.0 Å². The van der Waals surface area contributed by atoms with Crippen LogP contribution in [0.2, 0.25) is 0 Å². The monoisotopic (exact) mass is 338 g/mol. The Hall–Kier alpha value is -1.00. The van der Waals surface area contributed by atoms with Gasteiger partial charge in [-0.2, -0.15) is 0 Å². The Morgan fingerprint density at radius 3 is 2.29 bits per heavy atom. The highest BCUT2D eigenvalue weighted by atomic mass is 19.2. The summed E-state index contributed by atoms with van der Waals surface area (Å²) in [5.41, 5.74) is 0.889. The summed E-state index contributed by atoms with van der Waals surface area (Å²) in [6, 6.07) is 4.25. The molecule has 1 aliphatic heterocycles. The van der Waals surface area contributed by atoms with Gasteiger partial charge in [-0.05, 0) is 68.6 Å². The van der Waals surface area contributed by atoms with E-state index in [4.69, 9.17) is 9.47 Å². The smallest absolute Gasteiger partial charge is 0.160 e. The van der Waals surface area contributed by atoms with Crippen molar-refractivity contribution >= 4 is 0 Å². The van der Waals surface area contributed by atoms with Crippen molar-refractivity contribution in [2.24, 2.45) is 17.8 Å². The predicted octanol–water partition coefficient (Wildman–Crippen LogP) is 5.10. The summed E-state index contributed by atoms with van der Waals surface area (Å²) in [6.45, 7) is 3.84. The average molecular weight is 338 g/mol. The first-order valence-corrected chi connectivity index (χ1v) is 9.32. The zero-order valence-corrected chi connectivity index (χ0v) is 14.5. The molecule has 2 nitrogen and oxygen atoms in total. The Morgan fingerprint density at radius 2 is 1.67 bits per heavy atom. The molecule has 1 heterocycles. The van der Waals surface area contributed by atoms with Crippen LogP contribution in [0.4, 0.5) is 8.78 Å². The molecule has 4 heteroatoms. The first-order chi connectivity index (χ1) is 11.7. The van der Waals surface area contributed by atoms with E-state index in [1.54, 1.807) is 6.07 Å². The van der Waals surface area contributed by atoms with Crippen molar-refractivity contribution in [2.75, 3.05) is 13.2 Å². The summed E-state index contributed by atoms with van der Waals surface area (Å²) >= 11 is 0. The largest absolute Gasteiger partial charge is 0.352 e. The van der Waals surface area contributed by atoms with Gasteiger partial charge in [0.2, 0.25) is 0 Å². The van der Waals surface area contributed by atoms with Gasteiger partial charge in [0, 0.05) is 11.8 Å². The maximum absolute atomic E-state index is 13.3. The van der Waals surface area contributed by atoms with Crippen molar-refractivity contribution in [2.45, 2.75) is 58.2 Å². The minimum atomic E-state index is -0.767. The van der Waals surface area contributed by atoms with Crippen molar-refractivity contribution in [3.63, 3.8) is 0 Å². The number of ether oxygens (including phenoxy) is 2. The van der Waals surface area contributed by atoms with E-state index in [0.29, 0.717) is 17.8 Å². The van der Waals surface area contributed by atoms with E-state index in [9.17, 15) is 8.78 Å². The predicted molar refractivity (Wildman–Crippen MR) is 89.6 cm³/mol. The number of hydrogen-bond acceptors (Lipinski definition) is 2. The standard InChI is InChI=1S/C20H28F2O2/c1-2-14-12-23-20(24-13-14)17-8-5-15(6-9-17)3-4-16-7-10-18(21)19(22)11-16/h7,10-11,14-15,17,20H,2-6,8-9,12-13H2,1H3. The van der Waals surface area contributed by atoms with Gasteiger partial charge in [-0.25, -0.2) is 8.78 Å². The maximum Gasteiger partial charge on any atom is 0.160 e. The van der Waals surface area contributed by atoms with Gasteiger partial charge >= 0.3 is 0 Å². The summed E-state index contributed by atoms with van der Waals surface area (Å²) in [5, 5.41) is 0. The number of rotatable bonds is 5. The van der Waals surface area contributed by atoms with Gasteiger partial charge in [-0.3, -0.25) is 0 Å². The van der Waals surface area contributed by atoms with E-state index in [2.05, 4.69) is 6.92 Å². The quantitative estimate of drug-likeness (QED) is 0.743. The second kappa shape index (κ2) is 8.39. The fourth-order valence-corrected chi connectivity index (χ4v) is 3.88. The van der Waals surface area contributed by atoms with Crippen LogP contribution in [0.3, 0.4) is 0 Å². The highest BCUT2D eigenvalue weighted by molar-refractivity contribution is 5.17. The minimum absolute atomic E-state index is 0.0139. The van der Waals surface area contributed by atoms with Gasteiger partial charge in [0.05, 0.1) is 13.2 Å². The zero-order valence-electron chi connectivity index (χ0n) is 14.5. The highest BCUT2D eigenvalue weighted by Gasteiger charge is 2.31. The first-order valence-electron chi connectivity index (χ1n) is 9.32. The van der Waals surface area contributed by atoms with Gasteiger partial charge in [-0.15, -0.1) is 0 Å². The second-order valence-corrected chi connectivity index (χ2v) is 7.38. The van der Waals surface area contributed by atoms with Crippen LogP contribution in [0.1, 0.15) is 51.0 Å². The zero-order chi connectivity index (χ0) is 16.9. The third kappa shape index (κ3) is 4.54. The van der Waals surface area contributed by atoms with Gasteiger partial charge in [0.15, 0.2) is 17.9 Å². The molecule has 1 saturated heterocycles. The van der Waals surface area contributed by atoms with E-state index >= 15 is 0 Å². The van der Waals surface area contributed by atoms with Crippen LogP contribution in [0.15, 0.2) is 18.2 Å². The summed E-state index contributed by atoms with van der Waals surface area (Å²) in [6.07, 6.45) is 7.60. The van der Waals surface area contributed by atoms with Crippen molar-refractivity contribution in [3.05, 3.63) is 35.4 Å². The van der Waals surface area contributed by atoms with E-state index in [0.717, 1.165) is 50.9 Å². The molecular weight excluding hydrogens is 310 g/mol. The first kappa shape index (κ1) is 17.8. The van der Waals surface area contributed by atoms with Gasteiger partial charge < -0.3 is 9.47 Å². The molecule has 0 amide bonds. The Balaban J connectivity index is 1.40. The lowest BCUT2D eigenvalue weighted by atomic mass is 9.79. The lowest BCUT2D eigenvalue weighted by Gasteiger charge is -2.37. The van der Waals surface area contributed by atoms with Crippen LogP contribution in [0, 0.1) is 29.4 Å². The van der Waals surface area contributed by atoms with Crippen LogP contribution >= 0.6 is 0 Å². The van der Waals surface area contributed by atoms with Crippen LogP contribution < -0.4 is 0 Å². The third-order valence-electron chi connectivity index (χ3n) is 5.67. The Labute approximate surface area is 143 Å². The van der Waals surface area contributed by atoms with Crippen LogP contribution in [-0.2, 0) is 15.9 Å². The van der Waals surface area contributed by atoms with E-state index in [1.165, 1.54) is 25.0 Å². The summed E-state index contributed by atoms with van der Waals surface area (Å²) in [5.74, 6) is 0.225. The fourth-order valence-electron chi connectivity index (χ4n) is 3.88. The number of benzene rings is 1. The SMILES string of the molecule is CCC1COC(C2CCC(CCc3ccc(F)c(F)c3)CC2)OC1. The molecule has 0 unspecified atom stereocenters. The molecule has 1 aromatic rings. The van der Waals surface area contributed by atoms with Gasteiger partial charge in [0.25, 0.3) is 0 Å². The molecule has 0 spiro atoms. The topological polar surface area (TPSA) is 18.5 Å². The molecule has 3 rings (SSSR count). The van der Waals surface area contributed by atoms with Crippen LogP contribution in [0.5, 0.6) is 0 Å². The lowest BCUT2D eigenvalue weighted by molar-refractivity contribution is -0.229. The van der Waals surface area contributed by atoms with Crippen LogP contribution in [0.25, 0.3) is 0 Å². The van der Waals surface area contributed by atoms with E-state index in [-0.39, 0.29) is 6.29 Å². The summed E-state index contributed by atoms with van der Waals surface area (Å²) in [4.78, 5) is 0. The average Bonchev–Trinajstić information content (AvgIpc) is 2.63. The maximum atomic E-state index is 13.3. The molecular formula is C20H28F2O2. The molecule has 1 saturated carbocycles. The fraction of sp³-hybridized carbons (Fsp3) is 0.700. The number of hydrogen-bond donors (Lipinski definition) is 0. The molecule has 0 atom stereocenters. The molecule has 1 aliphatic carbocycles. The Morgan fingerprint density at radius 1 is 0.958 bits per heavy atom. The lowest BCUT2D eigenvalue weighted by Crippen LogP contribution is -2.38. The van der Waals surface area contributed by atoms with Crippen molar-refractivity contribution in [1.29, 1.82) is 0 Å². The molecule has 24 heavy (non-hydrogen) atoms. The second-order valence-electron chi connectivity index (χ2n) is 7.38. The summed E-state index contributed by atoms with van der Waals surface area (Å²) < 4.78 is 38.0. The Kier molecular flexibility index (Phi) is 6.23. The highest BCUT2D eigenvalue weighted by Crippen LogP contribution is 2.36. The summed E-state index contributed by atoms with van der Waals surface area (Å²) in [7, 11) is 0. The normalized spacial score (nSPS) is 31.1. The molecule has 0 N–H and O–H groups in total. The molecule has 2 aliphatic rings. The van der Waals surface area contributed by atoms with Crippen molar-refractivity contribution < 1.29 is 18.3 Å². The molecule has 2 fully saturated rings. The van der Waals surface area contributed by atoms with E-state index in [1.807, 2.05) is 0 Å². The number of aryl methyl sites for hydroxylation is 1. The van der Waals surface area contributed by atoms with E-state index < -0.39 is 11.6 Å². The molecule has 0 bridgehead atoms. The van der Waals surface area contributed by atoms with Crippen molar-refractivity contribution in [1.82, 2.24) is 0 Å². The van der Waals surface area contributed by atoms with Crippen molar-refractivity contribution in [3.8, 4) is 0 Å². The van der Waals surface area contributed by atoms with Crippen LogP contribution in [-0.4, -0.2) is 19.5 Å². The molecule has 0 radical (unpaired) electrons. The molecule has 1 aromatic carbocycles. The van der Waals surface area contributed by atoms with Gasteiger partial charge in [0.1, 0.15) is 0 Å². The molecule has 0 aromatic heterocycles. The number of halogens is 2. The Bertz CT molecular complexity index is 518. The molecule has 134 valence electrons. The third-order valence-corrected chi connectivity index (χ3v) is 5.67.